The molecule has 0 bridgehead atoms. The van der Waals surface area contributed by atoms with Crippen molar-refractivity contribution < 1.29 is 8.39 Å². The first-order valence-corrected chi connectivity index (χ1v) is 5.67. The van der Waals surface area contributed by atoms with E-state index < -0.39 is 11.1 Å². The van der Waals surface area contributed by atoms with Gasteiger partial charge in [0.15, 0.2) is 11.1 Å². The van der Waals surface area contributed by atoms with Crippen LogP contribution in [0.15, 0.2) is 47.4 Å². The van der Waals surface area contributed by atoms with E-state index in [2.05, 4.69) is 0 Å². The van der Waals surface area contributed by atoms with Crippen LogP contribution in [0.4, 0.5) is 0 Å². The van der Waals surface area contributed by atoms with Crippen LogP contribution in [0.5, 0.6) is 0 Å². The zero-order valence-corrected chi connectivity index (χ0v) is 9.00. The molecule has 0 aromatic heterocycles. The average Bonchev–Trinajstić information content (AvgIpc) is 2.25. The van der Waals surface area contributed by atoms with Crippen molar-refractivity contribution in [1.82, 2.24) is 0 Å². The van der Waals surface area contributed by atoms with Gasteiger partial charge < -0.3 is 0 Å². The van der Waals surface area contributed by atoms with Crippen molar-refractivity contribution in [3.63, 3.8) is 0 Å². The van der Waals surface area contributed by atoms with Crippen molar-refractivity contribution in [2.75, 3.05) is 6.61 Å². The lowest BCUT2D eigenvalue weighted by Crippen LogP contribution is -1.97. The monoisotopic (exact) mass is 210 g/mol. The molecular formula is C11H14O2S. The molecule has 1 unspecified atom stereocenters. The SMILES string of the molecule is CC/C=C/COS(=O)c1ccccc1. The van der Waals surface area contributed by atoms with Gasteiger partial charge in [-0.15, -0.1) is 0 Å². The third-order valence-corrected chi connectivity index (χ3v) is 2.62. The van der Waals surface area contributed by atoms with Crippen LogP contribution < -0.4 is 0 Å². The van der Waals surface area contributed by atoms with Crippen LogP contribution in [0.3, 0.4) is 0 Å². The molecule has 0 heterocycles. The lowest BCUT2D eigenvalue weighted by molar-refractivity contribution is 0.394. The van der Waals surface area contributed by atoms with Gasteiger partial charge in [-0.25, -0.2) is 4.21 Å². The van der Waals surface area contributed by atoms with Gasteiger partial charge in [0.2, 0.25) is 0 Å². The highest BCUT2D eigenvalue weighted by Gasteiger charge is 2.00. The molecule has 14 heavy (non-hydrogen) atoms. The second kappa shape index (κ2) is 6.51. The summed E-state index contributed by atoms with van der Waals surface area (Å²) >= 11 is -1.34. The number of rotatable bonds is 5. The topological polar surface area (TPSA) is 26.3 Å². The highest BCUT2D eigenvalue weighted by molar-refractivity contribution is 7.80. The molecule has 0 amide bonds. The summed E-state index contributed by atoms with van der Waals surface area (Å²) in [6.45, 7) is 2.44. The molecule has 0 saturated carbocycles. The molecule has 0 fully saturated rings. The minimum absolute atomic E-state index is 0.398. The summed E-state index contributed by atoms with van der Waals surface area (Å²) < 4.78 is 16.6. The summed E-state index contributed by atoms with van der Waals surface area (Å²) in [5, 5.41) is 0. The predicted octanol–water partition coefficient (Wildman–Crippen LogP) is 2.69. The van der Waals surface area contributed by atoms with Crippen LogP contribution >= 0.6 is 0 Å². The Morgan fingerprint density at radius 1 is 1.29 bits per heavy atom. The minimum Gasteiger partial charge on any atom is -0.283 e. The highest BCUT2D eigenvalue weighted by atomic mass is 32.2. The van der Waals surface area contributed by atoms with Gasteiger partial charge in [-0.05, 0) is 18.6 Å². The average molecular weight is 210 g/mol. The van der Waals surface area contributed by atoms with E-state index in [9.17, 15) is 4.21 Å². The van der Waals surface area contributed by atoms with E-state index in [-0.39, 0.29) is 0 Å². The van der Waals surface area contributed by atoms with E-state index in [4.69, 9.17) is 4.18 Å². The first-order valence-electron chi connectivity index (χ1n) is 4.59. The molecule has 0 aliphatic carbocycles. The fourth-order valence-corrected chi connectivity index (χ4v) is 1.65. The van der Waals surface area contributed by atoms with Crippen LogP contribution in [0, 0.1) is 0 Å². The van der Waals surface area contributed by atoms with E-state index in [1.165, 1.54) is 0 Å². The summed E-state index contributed by atoms with van der Waals surface area (Å²) in [6, 6.07) is 9.16. The molecule has 2 nitrogen and oxygen atoms in total. The van der Waals surface area contributed by atoms with E-state index in [1.807, 2.05) is 37.3 Å². The Morgan fingerprint density at radius 2 is 2.00 bits per heavy atom. The second-order valence-corrected chi connectivity index (χ2v) is 3.89. The van der Waals surface area contributed by atoms with E-state index in [0.717, 1.165) is 6.42 Å². The van der Waals surface area contributed by atoms with Gasteiger partial charge in [-0.1, -0.05) is 37.3 Å². The van der Waals surface area contributed by atoms with Crippen molar-refractivity contribution in [2.24, 2.45) is 0 Å². The van der Waals surface area contributed by atoms with Crippen LogP contribution in [0.1, 0.15) is 13.3 Å². The molecule has 1 rings (SSSR count). The smallest absolute Gasteiger partial charge is 0.189 e. The van der Waals surface area contributed by atoms with Gasteiger partial charge in [-0.3, -0.25) is 4.18 Å². The summed E-state index contributed by atoms with van der Waals surface area (Å²) in [5.41, 5.74) is 0. The summed E-state index contributed by atoms with van der Waals surface area (Å²) in [5.74, 6) is 0. The van der Waals surface area contributed by atoms with E-state index in [1.54, 1.807) is 12.1 Å². The molecule has 0 radical (unpaired) electrons. The summed E-state index contributed by atoms with van der Waals surface area (Å²) in [7, 11) is 0. The van der Waals surface area contributed by atoms with E-state index >= 15 is 0 Å². The minimum atomic E-state index is -1.34. The normalized spacial score (nSPS) is 13.2. The maximum absolute atomic E-state index is 11.5. The van der Waals surface area contributed by atoms with Crippen molar-refractivity contribution in [2.45, 2.75) is 18.2 Å². The molecule has 0 spiro atoms. The molecule has 1 atom stereocenters. The summed E-state index contributed by atoms with van der Waals surface area (Å²) in [4.78, 5) is 0.706. The Bertz CT molecular complexity index is 306. The van der Waals surface area contributed by atoms with E-state index in [0.29, 0.717) is 11.5 Å². The molecule has 76 valence electrons. The molecule has 1 aromatic carbocycles. The van der Waals surface area contributed by atoms with Gasteiger partial charge in [0, 0.05) is 0 Å². The maximum Gasteiger partial charge on any atom is 0.189 e. The fraction of sp³-hybridized carbons (Fsp3) is 0.273. The number of hydrogen-bond donors (Lipinski definition) is 0. The molecular weight excluding hydrogens is 196 g/mol. The van der Waals surface area contributed by atoms with Crippen LogP contribution in [0.25, 0.3) is 0 Å². The number of benzene rings is 1. The largest absolute Gasteiger partial charge is 0.283 e. The third-order valence-electron chi connectivity index (χ3n) is 1.61. The number of allylic oxidation sites excluding steroid dienone is 1. The summed E-state index contributed by atoms with van der Waals surface area (Å²) in [6.07, 6.45) is 4.84. The maximum atomic E-state index is 11.5. The molecule has 0 aliphatic heterocycles. The predicted molar refractivity (Wildman–Crippen MR) is 58.2 cm³/mol. The third kappa shape index (κ3) is 3.85. The van der Waals surface area contributed by atoms with Gasteiger partial charge >= 0.3 is 0 Å². The molecule has 0 aliphatic rings. The Labute approximate surface area is 87.3 Å². The molecule has 0 saturated heterocycles. The quantitative estimate of drug-likeness (QED) is 0.698. The van der Waals surface area contributed by atoms with Crippen molar-refractivity contribution in [3.8, 4) is 0 Å². The molecule has 1 aromatic rings. The van der Waals surface area contributed by atoms with Gasteiger partial charge in [-0.2, -0.15) is 0 Å². The van der Waals surface area contributed by atoms with Crippen molar-refractivity contribution in [3.05, 3.63) is 42.5 Å². The van der Waals surface area contributed by atoms with Gasteiger partial charge in [0.25, 0.3) is 0 Å². The fourth-order valence-electron chi connectivity index (χ4n) is 0.935. The lowest BCUT2D eigenvalue weighted by Gasteiger charge is -1.99. The highest BCUT2D eigenvalue weighted by Crippen LogP contribution is 2.06. The van der Waals surface area contributed by atoms with Crippen molar-refractivity contribution >= 4 is 11.1 Å². The van der Waals surface area contributed by atoms with Crippen LogP contribution in [0.2, 0.25) is 0 Å². The Kier molecular flexibility index (Phi) is 5.19. The van der Waals surface area contributed by atoms with Crippen LogP contribution in [-0.4, -0.2) is 10.8 Å². The Balaban J connectivity index is 2.40. The van der Waals surface area contributed by atoms with Gasteiger partial charge in [0.05, 0.1) is 11.5 Å². The first-order chi connectivity index (χ1) is 6.84. The molecule has 3 heteroatoms. The van der Waals surface area contributed by atoms with Crippen molar-refractivity contribution in [1.29, 1.82) is 0 Å². The van der Waals surface area contributed by atoms with Crippen LogP contribution in [-0.2, 0) is 15.3 Å². The Morgan fingerprint density at radius 3 is 2.64 bits per heavy atom. The number of hydrogen-bond acceptors (Lipinski definition) is 2. The zero-order valence-electron chi connectivity index (χ0n) is 8.18. The standard InChI is InChI=1S/C11H14O2S/c1-2-3-7-10-13-14(12)11-8-5-4-6-9-11/h3-9H,2,10H2,1H3/b7-3+. The first kappa shape index (κ1) is 11.1. The van der Waals surface area contributed by atoms with Gasteiger partial charge in [0.1, 0.15) is 0 Å². The lowest BCUT2D eigenvalue weighted by atomic mass is 10.4. The Hall–Kier alpha value is -0.930. The zero-order chi connectivity index (χ0) is 10.2. The second-order valence-electron chi connectivity index (χ2n) is 2.71. The molecule has 0 N–H and O–H groups in total.